The van der Waals surface area contributed by atoms with Gasteiger partial charge in [0.2, 0.25) is 0 Å². The van der Waals surface area contributed by atoms with E-state index >= 15 is 0 Å². The second-order valence-electron chi connectivity index (χ2n) is 4.65. The van der Waals surface area contributed by atoms with Crippen LogP contribution in [0.1, 0.15) is 5.56 Å². The lowest BCUT2D eigenvalue weighted by Crippen LogP contribution is -1.99. The first-order valence-corrected chi connectivity index (χ1v) is 7.70. The van der Waals surface area contributed by atoms with Gasteiger partial charge in [-0.2, -0.15) is 0 Å². The normalized spacial score (nSPS) is 10.8. The van der Waals surface area contributed by atoms with Gasteiger partial charge >= 0.3 is 0 Å². The number of hydrogen-bond donors (Lipinski definition) is 1. The van der Waals surface area contributed by atoms with Crippen LogP contribution < -0.4 is 10.5 Å². The van der Waals surface area contributed by atoms with Gasteiger partial charge in [-0.15, -0.1) is 0 Å². The quantitative estimate of drug-likeness (QED) is 0.667. The Kier molecular flexibility index (Phi) is 4.15. The molecule has 0 radical (unpaired) electrons. The van der Waals surface area contributed by atoms with Gasteiger partial charge in [0.25, 0.3) is 0 Å². The molecule has 0 atom stereocenters. The maximum Gasteiger partial charge on any atom is 0.135 e. The topological polar surface area (TPSA) is 35.2 Å². The van der Waals surface area contributed by atoms with Crippen LogP contribution in [0, 0.1) is 0 Å². The molecule has 0 amide bonds. The number of ether oxygens (including phenoxy) is 1. The average Bonchev–Trinajstić information content (AvgIpc) is 2.51. The highest BCUT2D eigenvalue weighted by molar-refractivity contribution is 9.10. The van der Waals surface area contributed by atoms with Crippen LogP contribution in [0.2, 0.25) is 5.02 Å². The number of fused-ring (bicyclic) bond motifs is 1. The van der Waals surface area contributed by atoms with Gasteiger partial charge in [0.05, 0.1) is 0 Å². The van der Waals surface area contributed by atoms with Crippen molar-refractivity contribution in [3.63, 3.8) is 0 Å². The van der Waals surface area contributed by atoms with Crippen molar-refractivity contribution in [2.45, 2.75) is 6.54 Å². The van der Waals surface area contributed by atoms with E-state index in [2.05, 4.69) is 15.9 Å². The summed E-state index contributed by atoms with van der Waals surface area (Å²) in [6.45, 7) is 0.425. The van der Waals surface area contributed by atoms with Crippen LogP contribution in [0.4, 0.5) is 0 Å². The van der Waals surface area contributed by atoms with Crippen molar-refractivity contribution in [1.82, 2.24) is 0 Å². The predicted octanol–water partition coefficient (Wildman–Crippen LogP) is 5.51. The number of hydrogen-bond acceptors (Lipinski definition) is 2. The zero-order valence-electron chi connectivity index (χ0n) is 11.1. The van der Waals surface area contributed by atoms with E-state index in [1.54, 1.807) is 0 Å². The summed E-state index contributed by atoms with van der Waals surface area (Å²) in [6, 6.07) is 17.5. The first-order valence-electron chi connectivity index (χ1n) is 6.52. The molecule has 0 heterocycles. The highest BCUT2D eigenvalue weighted by Crippen LogP contribution is 2.35. The molecular weight excluding hydrogens is 350 g/mol. The molecule has 0 saturated heterocycles. The molecule has 0 saturated carbocycles. The molecule has 4 heteroatoms. The Labute approximate surface area is 136 Å². The van der Waals surface area contributed by atoms with Gasteiger partial charge in [0.15, 0.2) is 0 Å². The third-order valence-electron chi connectivity index (χ3n) is 3.30. The Morgan fingerprint density at radius 1 is 0.952 bits per heavy atom. The largest absolute Gasteiger partial charge is 0.456 e. The minimum Gasteiger partial charge on any atom is -0.456 e. The van der Waals surface area contributed by atoms with Gasteiger partial charge in [-0.05, 0) is 24.3 Å². The lowest BCUT2D eigenvalue weighted by Gasteiger charge is -2.13. The van der Waals surface area contributed by atoms with E-state index in [0.29, 0.717) is 11.6 Å². The second-order valence-corrected chi connectivity index (χ2v) is 5.97. The molecule has 0 bridgehead atoms. The first kappa shape index (κ1) is 14.4. The molecule has 3 rings (SSSR count). The van der Waals surface area contributed by atoms with Crippen LogP contribution in [-0.2, 0) is 6.54 Å². The van der Waals surface area contributed by atoms with Crippen molar-refractivity contribution < 1.29 is 4.74 Å². The molecule has 2 nitrogen and oxygen atoms in total. The van der Waals surface area contributed by atoms with Crippen LogP contribution in [-0.4, -0.2) is 0 Å². The number of benzene rings is 3. The fraction of sp³-hybridized carbons (Fsp3) is 0.0588. The van der Waals surface area contributed by atoms with Crippen LogP contribution in [0.15, 0.2) is 59.1 Å². The third-order valence-corrected chi connectivity index (χ3v) is 4.12. The molecule has 0 aliphatic rings. The van der Waals surface area contributed by atoms with Crippen molar-refractivity contribution >= 4 is 38.3 Å². The first-order chi connectivity index (χ1) is 10.2. The smallest absolute Gasteiger partial charge is 0.135 e. The van der Waals surface area contributed by atoms with E-state index < -0.39 is 0 Å². The van der Waals surface area contributed by atoms with Crippen molar-refractivity contribution in [2.75, 3.05) is 0 Å². The number of nitrogens with two attached hydrogens (primary N) is 1. The Morgan fingerprint density at radius 2 is 1.71 bits per heavy atom. The highest BCUT2D eigenvalue weighted by atomic mass is 79.9. The Morgan fingerprint density at radius 3 is 2.48 bits per heavy atom. The molecule has 0 fully saturated rings. The summed E-state index contributed by atoms with van der Waals surface area (Å²) in [5, 5.41) is 2.67. The van der Waals surface area contributed by atoms with E-state index in [4.69, 9.17) is 22.1 Å². The number of halogens is 2. The van der Waals surface area contributed by atoms with E-state index in [9.17, 15) is 0 Å². The van der Waals surface area contributed by atoms with Gasteiger partial charge < -0.3 is 10.5 Å². The summed E-state index contributed by atoms with van der Waals surface area (Å²) in [7, 11) is 0. The van der Waals surface area contributed by atoms with Gasteiger partial charge in [0, 0.05) is 32.4 Å². The van der Waals surface area contributed by atoms with Crippen molar-refractivity contribution in [3.05, 3.63) is 69.7 Å². The summed E-state index contributed by atoms with van der Waals surface area (Å²) in [4.78, 5) is 0. The molecule has 3 aromatic carbocycles. The van der Waals surface area contributed by atoms with Crippen LogP contribution >= 0.6 is 27.5 Å². The fourth-order valence-electron chi connectivity index (χ4n) is 2.23. The summed E-state index contributed by atoms with van der Waals surface area (Å²) in [6.07, 6.45) is 0. The molecule has 0 aliphatic carbocycles. The van der Waals surface area contributed by atoms with Gasteiger partial charge in [0.1, 0.15) is 11.5 Å². The fourth-order valence-corrected chi connectivity index (χ4v) is 2.80. The van der Waals surface area contributed by atoms with Gasteiger partial charge in [-0.25, -0.2) is 0 Å². The molecule has 2 N–H and O–H groups in total. The lowest BCUT2D eigenvalue weighted by atomic mass is 10.1. The van der Waals surface area contributed by atoms with E-state index in [1.165, 1.54) is 0 Å². The summed E-state index contributed by atoms with van der Waals surface area (Å²) in [5.74, 6) is 1.52. The predicted molar refractivity (Wildman–Crippen MR) is 91.1 cm³/mol. The Balaban J connectivity index is 2.11. The monoisotopic (exact) mass is 361 g/mol. The van der Waals surface area contributed by atoms with Crippen LogP contribution in [0.25, 0.3) is 10.8 Å². The van der Waals surface area contributed by atoms with Crippen LogP contribution in [0.5, 0.6) is 11.5 Å². The zero-order chi connectivity index (χ0) is 14.8. The molecule has 106 valence electrons. The van der Waals surface area contributed by atoms with Gasteiger partial charge in [-0.1, -0.05) is 57.9 Å². The maximum absolute atomic E-state index is 6.23. The molecule has 0 unspecified atom stereocenters. The summed E-state index contributed by atoms with van der Waals surface area (Å²) < 4.78 is 7.03. The summed E-state index contributed by atoms with van der Waals surface area (Å²) in [5.41, 5.74) is 6.73. The number of rotatable bonds is 3. The maximum atomic E-state index is 6.23. The third kappa shape index (κ3) is 2.91. The molecular formula is C17H13BrClNO. The second kappa shape index (κ2) is 6.06. The zero-order valence-corrected chi connectivity index (χ0v) is 13.5. The molecule has 3 aromatic rings. The minimum atomic E-state index is 0.425. The van der Waals surface area contributed by atoms with Crippen molar-refractivity contribution in [1.29, 1.82) is 0 Å². The molecule has 0 spiro atoms. The Bertz CT molecular complexity index is 804. The van der Waals surface area contributed by atoms with E-state index in [1.807, 2.05) is 54.6 Å². The molecule has 21 heavy (non-hydrogen) atoms. The highest BCUT2D eigenvalue weighted by Gasteiger charge is 2.09. The standard InChI is InChI=1S/C17H13BrClNO/c18-12-6-5-11(10-20)17(9-12)21-16-8-7-15(19)13-3-1-2-4-14(13)16/h1-9H,10,20H2. The van der Waals surface area contributed by atoms with Crippen molar-refractivity contribution in [2.24, 2.45) is 5.73 Å². The van der Waals surface area contributed by atoms with Crippen molar-refractivity contribution in [3.8, 4) is 11.5 Å². The van der Waals surface area contributed by atoms with E-state index in [0.717, 1.165) is 32.3 Å². The SMILES string of the molecule is NCc1ccc(Br)cc1Oc1ccc(Cl)c2ccccc12. The molecule has 0 aromatic heterocycles. The lowest BCUT2D eigenvalue weighted by molar-refractivity contribution is 0.481. The van der Waals surface area contributed by atoms with Crippen LogP contribution in [0.3, 0.4) is 0 Å². The van der Waals surface area contributed by atoms with E-state index in [-0.39, 0.29) is 0 Å². The molecule has 0 aliphatic heterocycles. The minimum absolute atomic E-state index is 0.425. The van der Waals surface area contributed by atoms with Gasteiger partial charge in [-0.3, -0.25) is 0 Å². The Hall–Kier alpha value is -1.55. The average molecular weight is 363 g/mol. The summed E-state index contributed by atoms with van der Waals surface area (Å²) >= 11 is 9.69.